The zero-order valence-electron chi connectivity index (χ0n) is 21.6. The Labute approximate surface area is 246 Å². The number of ether oxygens (including phenoxy) is 3. The second-order valence-electron chi connectivity index (χ2n) is 8.76. The fourth-order valence-corrected chi connectivity index (χ4v) is 4.55. The Kier molecular flexibility index (Phi) is 9.58. The summed E-state index contributed by atoms with van der Waals surface area (Å²) in [5.41, 5.74) is 1.59. The Bertz CT molecular complexity index is 1490. The number of amides is 4. The van der Waals surface area contributed by atoms with Gasteiger partial charge < -0.3 is 14.2 Å². The smallest absolute Gasteiger partial charge is 0.331 e. The van der Waals surface area contributed by atoms with E-state index in [1.807, 2.05) is 6.92 Å². The van der Waals surface area contributed by atoms with Gasteiger partial charge in [-0.05, 0) is 60.0 Å². The van der Waals surface area contributed by atoms with Gasteiger partial charge in [0.05, 0.1) is 25.3 Å². The third-order valence-corrected chi connectivity index (χ3v) is 6.76. The molecule has 0 atom stereocenters. The van der Waals surface area contributed by atoms with Gasteiger partial charge in [0.2, 0.25) is 0 Å². The van der Waals surface area contributed by atoms with Gasteiger partial charge in [-0.3, -0.25) is 19.8 Å². The lowest BCUT2D eigenvalue weighted by molar-refractivity contribution is -0.130. The molecule has 0 bridgehead atoms. The summed E-state index contributed by atoms with van der Waals surface area (Å²) in [6, 6.07) is 14.2. The van der Waals surface area contributed by atoms with Crippen molar-refractivity contribution in [3.8, 4) is 17.2 Å². The van der Waals surface area contributed by atoms with Gasteiger partial charge in [0.15, 0.2) is 11.5 Å². The topological polar surface area (TPSA) is 94.2 Å². The number of carbonyl (C=O) groups is 3. The summed E-state index contributed by atoms with van der Waals surface area (Å²) < 4.78 is 16.8. The molecule has 0 unspecified atom stereocenters. The van der Waals surface area contributed by atoms with Crippen LogP contribution in [0.1, 0.15) is 30.0 Å². The van der Waals surface area contributed by atoms with Gasteiger partial charge in [0, 0.05) is 15.6 Å². The largest absolute Gasteiger partial charge is 0.493 e. The lowest BCUT2D eigenvalue weighted by Crippen LogP contribution is -2.53. The second-order valence-corrected chi connectivity index (χ2v) is 10.0. The number of nitrogens with zero attached hydrogens (tertiary/aromatic N) is 1. The van der Waals surface area contributed by atoms with Crippen LogP contribution < -0.4 is 19.5 Å². The molecular formula is C29H25Cl3N2O6. The lowest BCUT2D eigenvalue weighted by Gasteiger charge is -2.26. The summed E-state index contributed by atoms with van der Waals surface area (Å²) in [4.78, 5) is 39.3. The van der Waals surface area contributed by atoms with Crippen molar-refractivity contribution in [1.29, 1.82) is 0 Å². The van der Waals surface area contributed by atoms with Crippen LogP contribution in [0.25, 0.3) is 6.08 Å². The lowest BCUT2D eigenvalue weighted by atomic mass is 10.1. The van der Waals surface area contributed by atoms with Crippen LogP contribution >= 0.6 is 34.8 Å². The van der Waals surface area contributed by atoms with E-state index in [1.54, 1.807) is 54.6 Å². The van der Waals surface area contributed by atoms with E-state index in [0.29, 0.717) is 45.0 Å². The van der Waals surface area contributed by atoms with Crippen LogP contribution in [0.15, 0.2) is 60.2 Å². The molecule has 1 saturated heterocycles. The molecule has 0 aliphatic carbocycles. The summed E-state index contributed by atoms with van der Waals surface area (Å²) in [6.45, 7) is 2.58. The molecule has 1 fully saturated rings. The van der Waals surface area contributed by atoms with Gasteiger partial charge >= 0.3 is 6.03 Å². The molecular weight excluding hydrogens is 579 g/mol. The molecule has 0 radical (unpaired) electrons. The molecule has 0 spiro atoms. The minimum absolute atomic E-state index is 0.0828. The molecule has 3 aromatic rings. The van der Waals surface area contributed by atoms with E-state index in [9.17, 15) is 14.4 Å². The van der Waals surface area contributed by atoms with Crippen molar-refractivity contribution < 1.29 is 28.6 Å². The maximum absolute atomic E-state index is 13.2. The van der Waals surface area contributed by atoms with Crippen molar-refractivity contribution in [2.45, 2.75) is 26.5 Å². The Morgan fingerprint density at radius 2 is 1.65 bits per heavy atom. The SMILES string of the molecule is CCCOc1ccc(CN2C(=O)NC(=O)/C(=C\c3ccc(OCc4ccc(Cl)cc4Cl)c(Cl)c3)C2=O)cc1OC. The van der Waals surface area contributed by atoms with Crippen molar-refractivity contribution in [2.75, 3.05) is 13.7 Å². The van der Waals surface area contributed by atoms with Crippen molar-refractivity contribution >= 4 is 58.7 Å². The molecule has 208 valence electrons. The monoisotopic (exact) mass is 602 g/mol. The minimum Gasteiger partial charge on any atom is -0.493 e. The predicted molar refractivity (Wildman–Crippen MR) is 153 cm³/mol. The Hall–Kier alpha value is -3.72. The zero-order valence-corrected chi connectivity index (χ0v) is 23.9. The summed E-state index contributed by atoms with van der Waals surface area (Å²) in [7, 11) is 1.50. The predicted octanol–water partition coefficient (Wildman–Crippen LogP) is 6.69. The molecule has 1 heterocycles. The van der Waals surface area contributed by atoms with Crippen LogP contribution in [0, 0.1) is 0 Å². The third-order valence-electron chi connectivity index (χ3n) is 5.88. The maximum atomic E-state index is 13.2. The number of halogens is 3. The van der Waals surface area contributed by atoms with E-state index in [1.165, 1.54) is 13.2 Å². The van der Waals surface area contributed by atoms with Crippen LogP contribution in [-0.2, 0) is 22.7 Å². The number of hydrogen-bond donors (Lipinski definition) is 1. The first-order chi connectivity index (χ1) is 19.2. The van der Waals surface area contributed by atoms with E-state index >= 15 is 0 Å². The number of nitrogens with one attached hydrogen (secondary N) is 1. The minimum atomic E-state index is -0.819. The van der Waals surface area contributed by atoms with Gasteiger partial charge in [-0.2, -0.15) is 0 Å². The molecule has 8 nitrogen and oxygen atoms in total. The van der Waals surface area contributed by atoms with E-state index in [4.69, 9.17) is 49.0 Å². The average Bonchev–Trinajstić information content (AvgIpc) is 2.92. The van der Waals surface area contributed by atoms with Crippen LogP contribution in [0.2, 0.25) is 15.1 Å². The average molecular weight is 604 g/mol. The Morgan fingerprint density at radius 1 is 0.875 bits per heavy atom. The first kappa shape index (κ1) is 29.3. The second kappa shape index (κ2) is 13.1. The van der Waals surface area contributed by atoms with Crippen molar-refractivity contribution in [3.05, 3.63) is 91.9 Å². The molecule has 3 aromatic carbocycles. The van der Waals surface area contributed by atoms with E-state index in [-0.39, 0.29) is 23.7 Å². The maximum Gasteiger partial charge on any atom is 0.331 e. The highest BCUT2D eigenvalue weighted by Crippen LogP contribution is 2.31. The number of methoxy groups -OCH3 is 1. The molecule has 0 saturated carbocycles. The number of barbiturate groups is 1. The van der Waals surface area contributed by atoms with E-state index < -0.39 is 17.8 Å². The first-order valence-electron chi connectivity index (χ1n) is 12.2. The molecule has 4 amide bonds. The van der Waals surface area contributed by atoms with Gasteiger partial charge in [-0.1, -0.05) is 59.9 Å². The van der Waals surface area contributed by atoms with Gasteiger partial charge in [-0.25, -0.2) is 4.79 Å². The van der Waals surface area contributed by atoms with Crippen LogP contribution in [-0.4, -0.2) is 36.5 Å². The van der Waals surface area contributed by atoms with Gasteiger partial charge in [0.25, 0.3) is 11.8 Å². The van der Waals surface area contributed by atoms with E-state index in [0.717, 1.165) is 16.9 Å². The number of carbonyl (C=O) groups excluding carboxylic acids is 3. The summed E-state index contributed by atoms with van der Waals surface area (Å²) in [6.07, 6.45) is 2.20. The number of imide groups is 2. The standard InChI is InChI=1S/C29H25Cl3N2O6/c1-3-10-39-25-9-5-18(13-26(25)38-2)15-34-28(36)21(27(35)33-29(34)37)11-17-4-8-24(23(32)12-17)40-16-19-6-7-20(30)14-22(19)31/h4-9,11-14H,3,10,15-16H2,1-2H3,(H,33,35,37)/b21-11+. The van der Waals surface area contributed by atoms with Crippen molar-refractivity contribution in [3.63, 3.8) is 0 Å². The van der Waals surface area contributed by atoms with E-state index in [2.05, 4.69) is 5.32 Å². The van der Waals surface area contributed by atoms with Gasteiger partial charge in [-0.15, -0.1) is 0 Å². The quantitative estimate of drug-likeness (QED) is 0.205. The zero-order chi connectivity index (χ0) is 28.8. The highest BCUT2D eigenvalue weighted by Gasteiger charge is 2.35. The number of urea groups is 1. The normalized spacial score (nSPS) is 14.4. The molecule has 1 N–H and O–H groups in total. The molecule has 1 aliphatic rings. The van der Waals surface area contributed by atoms with Crippen molar-refractivity contribution in [1.82, 2.24) is 10.2 Å². The summed E-state index contributed by atoms with van der Waals surface area (Å²) in [5, 5.41) is 3.45. The van der Waals surface area contributed by atoms with Crippen LogP contribution in [0.4, 0.5) is 4.79 Å². The highest BCUT2D eigenvalue weighted by atomic mass is 35.5. The number of benzene rings is 3. The Morgan fingerprint density at radius 3 is 2.35 bits per heavy atom. The highest BCUT2D eigenvalue weighted by molar-refractivity contribution is 6.35. The fraction of sp³-hybridized carbons (Fsp3) is 0.207. The summed E-state index contributed by atoms with van der Waals surface area (Å²) >= 11 is 18.5. The fourth-order valence-electron chi connectivity index (χ4n) is 3.85. The number of hydrogen-bond acceptors (Lipinski definition) is 6. The number of rotatable bonds is 10. The molecule has 11 heteroatoms. The molecule has 40 heavy (non-hydrogen) atoms. The van der Waals surface area contributed by atoms with Crippen LogP contribution in [0.3, 0.4) is 0 Å². The van der Waals surface area contributed by atoms with Crippen LogP contribution in [0.5, 0.6) is 17.2 Å². The summed E-state index contributed by atoms with van der Waals surface area (Å²) in [5.74, 6) is -0.142. The van der Waals surface area contributed by atoms with Crippen molar-refractivity contribution in [2.24, 2.45) is 0 Å². The Balaban J connectivity index is 1.50. The molecule has 4 rings (SSSR count). The molecule has 0 aromatic heterocycles. The van der Waals surface area contributed by atoms with Gasteiger partial charge in [0.1, 0.15) is 17.9 Å². The third kappa shape index (κ3) is 6.88. The molecule has 1 aliphatic heterocycles. The first-order valence-corrected chi connectivity index (χ1v) is 13.4.